The van der Waals surface area contributed by atoms with Crippen LogP contribution < -0.4 is 5.32 Å². The van der Waals surface area contributed by atoms with E-state index in [9.17, 15) is 14.4 Å². The van der Waals surface area contributed by atoms with Gasteiger partial charge < -0.3 is 20.1 Å². The molecule has 0 fully saturated rings. The Morgan fingerprint density at radius 3 is 2.72 bits per heavy atom. The summed E-state index contributed by atoms with van der Waals surface area (Å²) in [6, 6.07) is 7.78. The summed E-state index contributed by atoms with van der Waals surface area (Å²) in [4.78, 5) is 37.4. The van der Waals surface area contributed by atoms with Gasteiger partial charge in [0.05, 0.1) is 13.0 Å². The van der Waals surface area contributed by atoms with E-state index in [1.54, 1.807) is 0 Å². The highest BCUT2D eigenvalue weighted by molar-refractivity contribution is 5.84. The van der Waals surface area contributed by atoms with Gasteiger partial charge in [0, 0.05) is 36.5 Å². The second-order valence-corrected chi connectivity index (χ2v) is 5.84. The van der Waals surface area contributed by atoms with Gasteiger partial charge in [0.2, 0.25) is 5.91 Å². The SMILES string of the molecule is COC(=O)C(CNC(=O)CCCC(=O)O)Cc1c[nH]c2ccccc12. The average Bonchev–Trinajstić information content (AvgIpc) is 3.00. The van der Waals surface area contributed by atoms with Crippen LogP contribution >= 0.6 is 0 Å². The fraction of sp³-hybridized carbons (Fsp3) is 0.389. The minimum atomic E-state index is -0.931. The molecule has 0 aliphatic rings. The van der Waals surface area contributed by atoms with Crippen molar-refractivity contribution in [2.45, 2.75) is 25.7 Å². The van der Waals surface area contributed by atoms with Gasteiger partial charge in [-0.25, -0.2) is 0 Å². The summed E-state index contributed by atoms with van der Waals surface area (Å²) < 4.78 is 4.84. The molecule has 1 atom stereocenters. The Morgan fingerprint density at radius 1 is 1.24 bits per heavy atom. The summed E-state index contributed by atoms with van der Waals surface area (Å²) in [6.07, 6.45) is 2.63. The number of aliphatic carboxylic acids is 1. The number of rotatable bonds is 9. The molecule has 1 unspecified atom stereocenters. The number of aromatic nitrogens is 1. The molecule has 1 heterocycles. The number of fused-ring (bicyclic) bond motifs is 1. The molecular formula is C18H22N2O5. The number of amides is 1. The molecule has 1 aromatic heterocycles. The first-order chi connectivity index (χ1) is 12.0. The number of esters is 1. The van der Waals surface area contributed by atoms with Crippen molar-refractivity contribution in [3.8, 4) is 0 Å². The minimum Gasteiger partial charge on any atom is -0.481 e. The van der Waals surface area contributed by atoms with Crippen molar-refractivity contribution in [2.75, 3.05) is 13.7 Å². The van der Waals surface area contributed by atoms with Crippen LogP contribution in [0.1, 0.15) is 24.8 Å². The Bertz CT molecular complexity index is 753. The van der Waals surface area contributed by atoms with Crippen molar-refractivity contribution < 1.29 is 24.2 Å². The largest absolute Gasteiger partial charge is 0.481 e. The number of carboxylic acids is 1. The van der Waals surface area contributed by atoms with Crippen molar-refractivity contribution in [2.24, 2.45) is 5.92 Å². The maximum absolute atomic E-state index is 12.0. The van der Waals surface area contributed by atoms with Crippen LogP contribution in [0.5, 0.6) is 0 Å². The molecule has 0 saturated heterocycles. The Labute approximate surface area is 145 Å². The third-order valence-electron chi connectivity index (χ3n) is 4.02. The predicted octanol–water partition coefficient (Wildman–Crippen LogP) is 1.87. The number of benzene rings is 1. The van der Waals surface area contributed by atoms with E-state index in [-0.39, 0.29) is 31.7 Å². The summed E-state index contributed by atoms with van der Waals surface area (Å²) in [5.41, 5.74) is 1.96. The van der Waals surface area contributed by atoms with Crippen LogP contribution in [0.25, 0.3) is 10.9 Å². The van der Waals surface area contributed by atoms with Gasteiger partial charge in [0.1, 0.15) is 0 Å². The third kappa shape index (κ3) is 5.34. The molecule has 2 rings (SSSR count). The molecular weight excluding hydrogens is 324 g/mol. The Hall–Kier alpha value is -2.83. The van der Waals surface area contributed by atoms with Crippen molar-refractivity contribution in [3.05, 3.63) is 36.0 Å². The number of aromatic amines is 1. The van der Waals surface area contributed by atoms with Gasteiger partial charge in [0.15, 0.2) is 0 Å². The summed E-state index contributed by atoms with van der Waals surface area (Å²) in [5.74, 6) is -2.10. The van der Waals surface area contributed by atoms with Crippen LogP contribution in [0, 0.1) is 5.92 Å². The number of H-pyrrole nitrogens is 1. The molecule has 7 nitrogen and oxygen atoms in total. The molecule has 7 heteroatoms. The van der Waals surface area contributed by atoms with E-state index in [4.69, 9.17) is 9.84 Å². The standard InChI is InChI=1S/C18H22N2O5/c1-25-18(24)13(11-20-16(21)7-4-8-17(22)23)9-12-10-19-15-6-3-2-5-14(12)15/h2-3,5-6,10,13,19H,4,7-9,11H2,1H3,(H,20,21)(H,22,23). The molecule has 0 aliphatic heterocycles. The fourth-order valence-electron chi connectivity index (χ4n) is 2.70. The van der Waals surface area contributed by atoms with Gasteiger partial charge in [-0.2, -0.15) is 0 Å². The van der Waals surface area contributed by atoms with Crippen molar-refractivity contribution >= 4 is 28.7 Å². The lowest BCUT2D eigenvalue weighted by Gasteiger charge is -2.15. The van der Waals surface area contributed by atoms with Crippen LogP contribution in [0.15, 0.2) is 30.5 Å². The molecule has 0 radical (unpaired) electrons. The van der Waals surface area contributed by atoms with Gasteiger partial charge in [-0.15, -0.1) is 0 Å². The van der Waals surface area contributed by atoms with Crippen molar-refractivity contribution in [3.63, 3.8) is 0 Å². The number of carbonyl (C=O) groups is 3. The summed E-state index contributed by atoms with van der Waals surface area (Å²) >= 11 is 0. The lowest BCUT2D eigenvalue weighted by atomic mass is 9.98. The van der Waals surface area contributed by atoms with Gasteiger partial charge in [-0.3, -0.25) is 14.4 Å². The number of methoxy groups -OCH3 is 1. The van der Waals surface area contributed by atoms with E-state index in [0.717, 1.165) is 16.5 Å². The topological polar surface area (TPSA) is 108 Å². The average molecular weight is 346 g/mol. The van der Waals surface area contributed by atoms with E-state index < -0.39 is 17.9 Å². The van der Waals surface area contributed by atoms with Crippen LogP contribution in [0.4, 0.5) is 0 Å². The van der Waals surface area contributed by atoms with Gasteiger partial charge in [-0.05, 0) is 24.5 Å². The summed E-state index contributed by atoms with van der Waals surface area (Å²) in [6.45, 7) is 0.151. The molecule has 134 valence electrons. The number of ether oxygens (including phenoxy) is 1. The predicted molar refractivity (Wildman–Crippen MR) is 92.0 cm³/mol. The molecule has 3 N–H and O–H groups in total. The normalized spacial score (nSPS) is 11.9. The smallest absolute Gasteiger partial charge is 0.310 e. The Balaban J connectivity index is 1.96. The van der Waals surface area contributed by atoms with Crippen LogP contribution in [-0.2, 0) is 25.5 Å². The van der Waals surface area contributed by atoms with E-state index in [2.05, 4.69) is 10.3 Å². The number of carbonyl (C=O) groups excluding carboxylic acids is 2. The molecule has 25 heavy (non-hydrogen) atoms. The minimum absolute atomic E-state index is 0.0524. The van der Waals surface area contributed by atoms with Gasteiger partial charge >= 0.3 is 11.9 Å². The zero-order valence-electron chi connectivity index (χ0n) is 14.1. The van der Waals surface area contributed by atoms with Gasteiger partial charge in [-0.1, -0.05) is 18.2 Å². The lowest BCUT2D eigenvalue weighted by Crippen LogP contribution is -2.34. The highest BCUT2D eigenvalue weighted by Gasteiger charge is 2.22. The van der Waals surface area contributed by atoms with Crippen molar-refractivity contribution in [1.82, 2.24) is 10.3 Å². The highest BCUT2D eigenvalue weighted by atomic mass is 16.5. The van der Waals surface area contributed by atoms with Crippen LogP contribution in [0.3, 0.4) is 0 Å². The first-order valence-electron chi connectivity index (χ1n) is 8.12. The molecule has 0 spiro atoms. The molecule has 0 aliphatic carbocycles. The fourth-order valence-corrected chi connectivity index (χ4v) is 2.70. The number of nitrogens with one attached hydrogen (secondary N) is 2. The third-order valence-corrected chi connectivity index (χ3v) is 4.02. The Morgan fingerprint density at radius 2 is 2.00 bits per heavy atom. The van der Waals surface area contributed by atoms with E-state index in [1.165, 1.54) is 7.11 Å². The number of carboxylic acid groups (broad SMARTS) is 1. The van der Waals surface area contributed by atoms with Crippen LogP contribution in [-0.4, -0.2) is 41.6 Å². The zero-order chi connectivity index (χ0) is 18.2. The van der Waals surface area contributed by atoms with E-state index >= 15 is 0 Å². The van der Waals surface area contributed by atoms with Gasteiger partial charge in [0.25, 0.3) is 0 Å². The molecule has 0 saturated carbocycles. The second kappa shape index (κ2) is 8.86. The van der Waals surface area contributed by atoms with Crippen molar-refractivity contribution in [1.29, 1.82) is 0 Å². The number of hydrogen-bond acceptors (Lipinski definition) is 4. The number of para-hydroxylation sites is 1. The molecule has 0 bridgehead atoms. The second-order valence-electron chi connectivity index (χ2n) is 5.84. The maximum Gasteiger partial charge on any atom is 0.310 e. The molecule has 1 amide bonds. The first kappa shape index (κ1) is 18.5. The number of hydrogen-bond donors (Lipinski definition) is 3. The molecule has 2 aromatic rings. The highest BCUT2D eigenvalue weighted by Crippen LogP contribution is 2.21. The monoisotopic (exact) mass is 346 g/mol. The lowest BCUT2D eigenvalue weighted by molar-refractivity contribution is -0.145. The first-order valence-corrected chi connectivity index (χ1v) is 8.12. The quantitative estimate of drug-likeness (QED) is 0.601. The van der Waals surface area contributed by atoms with Crippen LogP contribution in [0.2, 0.25) is 0 Å². The van der Waals surface area contributed by atoms with E-state index in [1.807, 2.05) is 30.5 Å². The zero-order valence-corrected chi connectivity index (χ0v) is 14.1. The maximum atomic E-state index is 12.0. The molecule has 1 aromatic carbocycles. The summed E-state index contributed by atoms with van der Waals surface area (Å²) in [5, 5.41) is 12.3. The Kier molecular flexibility index (Phi) is 6.56. The van der Waals surface area contributed by atoms with E-state index in [0.29, 0.717) is 6.42 Å². The summed E-state index contributed by atoms with van der Waals surface area (Å²) in [7, 11) is 1.32.